The lowest BCUT2D eigenvalue weighted by Crippen LogP contribution is -2.29. The van der Waals surface area contributed by atoms with E-state index in [9.17, 15) is 9.59 Å². The van der Waals surface area contributed by atoms with E-state index in [1.54, 1.807) is 36.4 Å². The monoisotopic (exact) mass is 417 g/mol. The van der Waals surface area contributed by atoms with Crippen LogP contribution in [0.15, 0.2) is 81.7 Å². The highest BCUT2D eigenvalue weighted by molar-refractivity contribution is 9.10. The lowest BCUT2D eigenvalue weighted by atomic mass is 10.1. The molecule has 0 N–H and O–H groups in total. The van der Waals surface area contributed by atoms with Crippen molar-refractivity contribution in [2.24, 2.45) is 0 Å². The molecule has 0 fully saturated rings. The van der Waals surface area contributed by atoms with E-state index in [1.165, 1.54) is 4.90 Å². The average Bonchev–Trinajstić information content (AvgIpc) is 3.21. The molecule has 0 bridgehead atoms. The lowest BCUT2D eigenvalue weighted by molar-refractivity contribution is 0.0926. The predicted molar refractivity (Wildman–Crippen MR) is 107 cm³/mol. The minimum absolute atomic E-state index is 0.295. The Kier molecular flexibility index (Phi) is 3.52. The van der Waals surface area contributed by atoms with Crippen molar-refractivity contribution in [3.63, 3.8) is 0 Å². The highest BCUT2D eigenvalue weighted by Crippen LogP contribution is 2.33. The third-order valence-corrected chi connectivity index (χ3v) is 5.18. The maximum absolute atomic E-state index is 12.6. The Bertz CT molecular complexity index is 1190. The Morgan fingerprint density at radius 1 is 0.778 bits per heavy atom. The quantitative estimate of drug-likeness (QED) is 0.395. The first-order chi connectivity index (χ1) is 13.1. The molecule has 1 aliphatic heterocycles. The number of carbonyl (C=O) groups is 2. The molecule has 0 saturated heterocycles. The van der Waals surface area contributed by atoms with E-state index in [0.717, 1.165) is 26.8 Å². The van der Waals surface area contributed by atoms with Crippen molar-refractivity contribution < 1.29 is 14.0 Å². The van der Waals surface area contributed by atoms with Gasteiger partial charge in [-0.2, -0.15) is 0 Å². The fraction of sp³-hybridized carbons (Fsp3) is 0. The van der Waals surface area contributed by atoms with Crippen LogP contribution in [0.3, 0.4) is 0 Å². The molecular weight excluding hydrogens is 406 g/mol. The minimum Gasteiger partial charge on any atom is -0.456 e. The van der Waals surface area contributed by atoms with Crippen LogP contribution in [-0.2, 0) is 0 Å². The van der Waals surface area contributed by atoms with E-state index < -0.39 is 0 Å². The molecule has 5 heteroatoms. The smallest absolute Gasteiger partial charge is 0.266 e. The second-order valence-electron chi connectivity index (χ2n) is 6.33. The summed E-state index contributed by atoms with van der Waals surface area (Å²) in [6.45, 7) is 0. The molecule has 2 heterocycles. The number of hydrogen-bond acceptors (Lipinski definition) is 3. The van der Waals surface area contributed by atoms with Crippen LogP contribution >= 0.6 is 15.9 Å². The fourth-order valence-electron chi connectivity index (χ4n) is 3.35. The van der Waals surface area contributed by atoms with Gasteiger partial charge < -0.3 is 4.42 Å². The number of carbonyl (C=O) groups excluding carboxylic acids is 2. The summed E-state index contributed by atoms with van der Waals surface area (Å²) in [7, 11) is 0. The first-order valence-corrected chi connectivity index (χ1v) is 9.18. The van der Waals surface area contributed by atoms with E-state index in [-0.39, 0.29) is 11.8 Å². The van der Waals surface area contributed by atoms with Gasteiger partial charge in [0.2, 0.25) is 0 Å². The van der Waals surface area contributed by atoms with Crippen LogP contribution in [0.2, 0.25) is 0 Å². The van der Waals surface area contributed by atoms with Gasteiger partial charge in [-0.25, -0.2) is 4.90 Å². The second-order valence-corrected chi connectivity index (χ2v) is 7.25. The van der Waals surface area contributed by atoms with E-state index in [4.69, 9.17) is 4.42 Å². The van der Waals surface area contributed by atoms with Crippen molar-refractivity contribution in [3.05, 3.63) is 88.4 Å². The van der Waals surface area contributed by atoms with Crippen LogP contribution < -0.4 is 4.90 Å². The molecule has 3 aromatic carbocycles. The van der Waals surface area contributed by atoms with Gasteiger partial charge >= 0.3 is 0 Å². The van der Waals surface area contributed by atoms with E-state index in [1.807, 2.05) is 36.4 Å². The number of nitrogens with zero attached hydrogens (tertiary/aromatic N) is 1. The maximum atomic E-state index is 12.6. The number of anilines is 1. The van der Waals surface area contributed by atoms with E-state index in [2.05, 4.69) is 15.9 Å². The number of amides is 2. The summed E-state index contributed by atoms with van der Waals surface area (Å²) in [6.07, 6.45) is 0. The van der Waals surface area contributed by atoms with Crippen LogP contribution in [0.1, 0.15) is 20.7 Å². The summed E-state index contributed by atoms with van der Waals surface area (Å²) in [5.74, 6) is 0.144. The molecule has 0 aliphatic carbocycles. The van der Waals surface area contributed by atoms with Crippen molar-refractivity contribution in [1.82, 2.24) is 0 Å². The molecule has 0 radical (unpaired) electrons. The molecule has 4 aromatic rings. The molecule has 130 valence electrons. The van der Waals surface area contributed by atoms with Crippen molar-refractivity contribution in [2.75, 3.05) is 4.90 Å². The predicted octanol–water partition coefficient (Wildman–Crippen LogP) is 5.66. The van der Waals surface area contributed by atoms with Crippen LogP contribution in [0.4, 0.5) is 5.69 Å². The molecular formula is C22H12BrNO3. The second kappa shape index (κ2) is 5.93. The number of hydrogen-bond donors (Lipinski definition) is 0. The number of fused-ring (bicyclic) bond motifs is 2. The number of imide groups is 1. The molecule has 0 saturated carbocycles. The van der Waals surface area contributed by atoms with E-state index >= 15 is 0 Å². The third kappa shape index (κ3) is 2.51. The zero-order chi connectivity index (χ0) is 18.5. The summed E-state index contributed by atoms with van der Waals surface area (Å²) in [4.78, 5) is 26.4. The largest absolute Gasteiger partial charge is 0.456 e. The molecule has 0 atom stereocenters. The normalized spacial score (nSPS) is 13.4. The topological polar surface area (TPSA) is 50.5 Å². The van der Waals surface area contributed by atoms with Crippen LogP contribution in [-0.4, -0.2) is 11.8 Å². The average molecular weight is 418 g/mol. The first kappa shape index (κ1) is 16.0. The zero-order valence-electron chi connectivity index (χ0n) is 14.0. The molecule has 5 rings (SSSR count). The molecule has 27 heavy (non-hydrogen) atoms. The lowest BCUT2D eigenvalue weighted by Gasteiger charge is -2.14. The Hall–Kier alpha value is -3.18. The van der Waals surface area contributed by atoms with Crippen LogP contribution in [0.5, 0.6) is 0 Å². The van der Waals surface area contributed by atoms with Gasteiger partial charge in [-0.05, 0) is 60.7 Å². The standard InChI is InChI=1S/C22H12BrNO3/c23-15-7-10-19-14(11-15)12-20(27-19)13-5-8-16(9-6-13)24-21(25)17-3-1-2-4-18(17)22(24)26/h1-12H. The molecule has 0 spiro atoms. The Labute approximate surface area is 163 Å². The van der Waals surface area contributed by atoms with Gasteiger partial charge in [-0.1, -0.05) is 28.1 Å². The Morgan fingerprint density at radius 2 is 1.44 bits per heavy atom. The zero-order valence-corrected chi connectivity index (χ0v) is 15.6. The van der Waals surface area contributed by atoms with Gasteiger partial charge in [0.1, 0.15) is 11.3 Å². The molecule has 1 aliphatic rings. The van der Waals surface area contributed by atoms with Crippen molar-refractivity contribution in [1.29, 1.82) is 0 Å². The molecule has 2 amide bonds. The summed E-state index contributed by atoms with van der Waals surface area (Å²) in [5.41, 5.74) is 3.10. The van der Waals surface area contributed by atoms with Crippen molar-refractivity contribution >= 4 is 44.4 Å². The molecule has 4 nitrogen and oxygen atoms in total. The number of rotatable bonds is 2. The van der Waals surface area contributed by atoms with Crippen molar-refractivity contribution in [3.8, 4) is 11.3 Å². The van der Waals surface area contributed by atoms with Gasteiger partial charge in [0.15, 0.2) is 0 Å². The summed E-state index contributed by atoms with van der Waals surface area (Å²) in [6, 6.07) is 21.9. The van der Waals surface area contributed by atoms with E-state index in [0.29, 0.717) is 16.8 Å². The van der Waals surface area contributed by atoms with Gasteiger partial charge in [-0.3, -0.25) is 9.59 Å². The summed E-state index contributed by atoms with van der Waals surface area (Å²) < 4.78 is 6.89. The highest BCUT2D eigenvalue weighted by Gasteiger charge is 2.36. The van der Waals surface area contributed by atoms with Gasteiger partial charge in [0.25, 0.3) is 11.8 Å². The third-order valence-electron chi connectivity index (χ3n) is 4.68. The van der Waals surface area contributed by atoms with Gasteiger partial charge in [-0.15, -0.1) is 0 Å². The summed E-state index contributed by atoms with van der Waals surface area (Å²) >= 11 is 3.46. The van der Waals surface area contributed by atoms with Crippen molar-refractivity contribution in [2.45, 2.75) is 0 Å². The summed E-state index contributed by atoms with van der Waals surface area (Å²) in [5, 5.41) is 1.00. The SMILES string of the molecule is O=C1c2ccccc2C(=O)N1c1ccc(-c2cc3cc(Br)ccc3o2)cc1. The Balaban J connectivity index is 1.50. The van der Waals surface area contributed by atoms with Crippen LogP contribution in [0.25, 0.3) is 22.3 Å². The first-order valence-electron chi connectivity index (χ1n) is 8.39. The van der Waals surface area contributed by atoms with Crippen LogP contribution in [0, 0.1) is 0 Å². The van der Waals surface area contributed by atoms with Gasteiger partial charge in [0.05, 0.1) is 16.8 Å². The maximum Gasteiger partial charge on any atom is 0.266 e. The number of furan rings is 1. The van der Waals surface area contributed by atoms with Gasteiger partial charge in [0, 0.05) is 15.4 Å². The highest BCUT2D eigenvalue weighted by atomic mass is 79.9. The molecule has 1 aromatic heterocycles. The number of halogens is 1. The molecule has 0 unspecified atom stereocenters. The minimum atomic E-state index is -0.295. The Morgan fingerprint density at radius 3 is 2.11 bits per heavy atom. The fourth-order valence-corrected chi connectivity index (χ4v) is 3.73. The number of benzene rings is 3.